The Hall–Kier alpha value is -8.43. The molecule has 27 heteroatoms. The molecule has 1 heterocycles. The standard InChI is InChI=1S/C65H94N6O21/c1-59(2,3)87-53(75)66-35-42(69-56(78)90-62(10,11)12)49(72)84-46-45(38-82-65(39-29-23-20-24-30-39,40-31-25-21-26-32-40)41-33-27-22-28-34-41)83-52(81-19)48(86-51(74)44(71-58(80)92-64(16,17)18)37-68-55(77)89-61(7,8)9)47(46)85-50(73)43(70-57(79)91-63(13,14)15)36-67-54(76)88-60(4,5)6/h20-34,42-48,52H,35-38H2,1-19H3,(H,66,75)(H,67,76)(H,68,77)(H,69,78)(H,70,79)(H,71,80)/t42-,43-,44-,45+,46-,47-,48+,52-/m0/s1. The highest BCUT2D eigenvalue weighted by Crippen LogP contribution is 2.42. The van der Waals surface area contributed by atoms with Gasteiger partial charge in [0.1, 0.15) is 63.4 Å². The van der Waals surface area contributed by atoms with Gasteiger partial charge in [0.2, 0.25) is 0 Å². The van der Waals surface area contributed by atoms with Crippen molar-refractivity contribution in [1.29, 1.82) is 0 Å². The van der Waals surface area contributed by atoms with Crippen molar-refractivity contribution in [3.05, 3.63) is 108 Å². The molecule has 1 aliphatic rings. The first kappa shape index (κ1) is 76.0. The van der Waals surface area contributed by atoms with Gasteiger partial charge in [0.05, 0.1) is 26.2 Å². The van der Waals surface area contributed by atoms with E-state index in [1.165, 1.54) is 0 Å². The fourth-order valence-corrected chi connectivity index (χ4v) is 8.66. The number of hydrogen-bond donors (Lipinski definition) is 6. The Bertz CT molecular complexity index is 2850. The van der Waals surface area contributed by atoms with Gasteiger partial charge in [-0.1, -0.05) is 91.0 Å². The van der Waals surface area contributed by atoms with Crippen molar-refractivity contribution in [2.45, 2.75) is 213 Å². The Kier molecular flexibility index (Phi) is 26.6. The number of carbonyl (C=O) groups is 9. The molecule has 6 amide bonds. The quantitative estimate of drug-likeness (QED) is 0.0312. The average Bonchev–Trinajstić information content (AvgIpc) is 0.759. The summed E-state index contributed by atoms with van der Waals surface area (Å²) in [6, 6.07) is 21.5. The molecular formula is C65H94N6O21. The van der Waals surface area contributed by atoms with Crippen molar-refractivity contribution >= 4 is 54.5 Å². The second-order valence-corrected chi connectivity index (χ2v) is 27.3. The number of nitrogens with one attached hydrogen (secondary N) is 6. The number of rotatable bonds is 22. The van der Waals surface area contributed by atoms with Crippen LogP contribution in [-0.2, 0) is 76.8 Å². The number of amides is 6. The fourth-order valence-electron chi connectivity index (χ4n) is 8.66. The zero-order valence-electron chi connectivity index (χ0n) is 56.2. The lowest BCUT2D eigenvalue weighted by Gasteiger charge is -2.46. The molecule has 1 aliphatic heterocycles. The second kappa shape index (κ2) is 32.2. The van der Waals surface area contributed by atoms with E-state index in [9.17, 15) is 28.8 Å². The summed E-state index contributed by atoms with van der Waals surface area (Å²) in [5, 5.41) is 14.5. The molecule has 27 nitrogen and oxygen atoms in total. The minimum atomic E-state index is -2.20. The third kappa shape index (κ3) is 26.1. The van der Waals surface area contributed by atoms with E-state index < -0.39 is 169 Å². The van der Waals surface area contributed by atoms with E-state index in [4.69, 9.17) is 56.8 Å². The zero-order valence-corrected chi connectivity index (χ0v) is 56.2. The first-order valence-corrected chi connectivity index (χ1v) is 30.0. The molecule has 0 radical (unpaired) electrons. The number of esters is 3. The summed E-state index contributed by atoms with van der Waals surface area (Å²) in [7, 11) is 1.14. The number of carbonyl (C=O) groups excluding carboxylic acids is 9. The van der Waals surface area contributed by atoms with Crippen LogP contribution < -0.4 is 31.9 Å². The first-order chi connectivity index (χ1) is 42.5. The van der Waals surface area contributed by atoms with Crippen LogP contribution in [0, 0.1) is 0 Å². The summed E-state index contributed by atoms with van der Waals surface area (Å²) in [5.74, 6) is -4.15. The lowest BCUT2D eigenvalue weighted by Crippen LogP contribution is -2.65. The minimum Gasteiger partial charge on any atom is -0.454 e. The Morgan fingerprint density at radius 1 is 0.380 bits per heavy atom. The molecular weight excluding hydrogens is 1200 g/mol. The van der Waals surface area contributed by atoms with Gasteiger partial charge in [-0.05, 0) is 141 Å². The van der Waals surface area contributed by atoms with Gasteiger partial charge in [-0.25, -0.2) is 43.2 Å². The number of alkyl carbamates (subject to hydrolysis) is 6. The molecule has 0 bridgehead atoms. The molecule has 92 heavy (non-hydrogen) atoms. The molecule has 1 fully saturated rings. The highest BCUT2D eigenvalue weighted by Gasteiger charge is 2.55. The average molecular weight is 1300 g/mol. The predicted molar refractivity (Wildman–Crippen MR) is 333 cm³/mol. The third-order valence-corrected chi connectivity index (χ3v) is 12.1. The summed E-state index contributed by atoms with van der Waals surface area (Å²) in [5.41, 5.74) is -6.28. The number of hydrogen-bond acceptors (Lipinski definition) is 21. The van der Waals surface area contributed by atoms with Crippen LogP contribution in [0.25, 0.3) is 0 Å². The van der Waals surface area contributed by atoms with Crippen LogP contribution in [0.2, 0.25) is 0 Å². The van der Waals surface area contributed by atoms with Crippen LogP contribution in [-0.4, -0.2) is 170 Å². The van der Waals surface area contributed by atoms with Crippen molar-refractivity contribution in [1.82, 2.24) is 31.9 Å². The van der Waals surface area contributed by atoms with Crippen LogP contribution in [0.3, 0.4) is 0 Å². The molecule has 6 N–H and O–H groups in total. The second-order valence-electron chi connectivity index (χ2n) is 27.3. The van der Waals surface area contributed by atoms with Crippen molar-refractivity contribution in [2.24, 2.45) is 0 Å². The van der Waals surface area contributed by atoms with Gasteiger partial charge in [-0.2, -0.15) is 0 Å². The van der Waals surface area contributed by atoms with E-state index in [-0.39, 0.29) is 0 Å². The Morgan fingerprint density at radius 2 is 0.641 bits per heavy atom. The molecule has 0 aliphatic carbocycles. The van der Waals surface area contributed by atoms with Crippen molar-refractivity contribution in [3.63, 3.8) is 0 Å². The maximum atomic E-state index is 15.3. The molecule has 0 saturated carbocycles. The van der Waals surface area contributed by atoms with Crippen LogP contribution in [0.4, 0.5) is 28.8 Å². The van der Waals surface area contributed by atoms with Gasteiger partial charge in [-0.15, -0.1) is 0 Å². The summed E-state index contributed by atoms with van der Waals surface area (Å²) >= 11 is 0. The number of benzene rings is 3. The van der Waals surface area contributed by atoms with E-state index >= 15 is 14.4 Å². The van der Waals surface area contributed by atoms with E-state index in [1.54, 1.807) is 161 Å². The Labute approximate surface area is 538 Å². The van der Waals surface area contributed by atoms with Gasteiger partial charge in [0.25, 0.3) is 0 Å². The maximum absolute atomic E-state index is 15.3. The molecule has 3 aromatic rings. The third-order valence-electron chi connectivity index (χ3n) is 12.1. The lowest BCUT2D eigenvalue weighted by molar-refractivity contribution is -0.307. The molecule has 0 unspecified atom stereocenters. The van der Waals surface area contributed by atoms with Crippen LogP contribution >= 0.6 is 0 Å². The smallest absolute Gasteiger partial charge is 0.408 e. The van der Waals surface area contributed by atoms with Crippen LogP contribution in [0.15, 0.2) is 91.0 Å². The monoisotopic (exact) mass is 1290 g/mol. The molecule has 8 atom stereocenters. The predicted octanol–water partition coefficient (Wildman–Crippen LogP) is 8.36. The van der Waals surface area contributed by atoms with E-state index in [0.717, 1.165) is 7.11 Å². The normalized spacial score (nSPS) is 18.1. The number of ether oxygens (including phenoxy) is 12. The maximum Gasteiger partial charge on any atom is 0.408 e. The summed E-state index contributed by atoms with van der Waals surface area (Å²) < 4.78 is 71.7. The first-order valence-electron chi connectivity index (χ1n) is 30.0. The van der Waals surface area contributed by atoms with Gasteiger partial charge in [0.15, 0.2) is 24.6 Å². The van der Waals surface area contributed by atoms with Gasteiger partial charge < -0.3 is 88.7 Å². The summed E-state index contributed by atoms with van der Waals surface area (Å²) in [4.78, 5) is 126. The lowest BCUT2D eigenvalue weighted by atomic mass is 9.80. The van der Waals surface area contributed by atoms with Crippen molar-refractivity contribution < 1.29 is 100.0 Å². The van der Waals surface area contributed by atoms with E-state index in [0.29, 0.717) is 16.7 Å². The van der Waals surface area contributed by atoms with Crippen LogP contribution in [0.5, 0.6) is 0 Å². The molecule has 4 rings (SSSR count). The molecule has 3 aromatic carbocycles. The molecule has 0 spiro atoms. The fraction of sp³-hybridized carbons (Fsp3) is 0.585. The Balaban J connectivity index is 2.10. The zero-order chi connectivity index (χ0) is 69.2. The van der Waals surface area contributed by atoms with E-state index in [2.05, 4.69) is 31.9 Å². The molecule has 1 saturated heterocycles. The molecule has 0 aromatic heterocycles. The van der Waals surface area contributed by atoms with Crippen molar-refractivity contribution in [3.8, 4) is 0 Å². The topological polar surface area (TPSA) is 337 Å². The number of methoxy groups -OCH3 is 1. The van der Waals surface area contributed by atoms with E-state index in [1.807, 2.05) is 54.6 Å². The highest BCUT2D eigenvalue weighted by molar-refractivity contribution is 5.85. The summed E-state index contributed by atoms with van der Waals surface area (Å²) in [6.45, 7) is 25.5. The van der Waals surface area contributed by atoms with Crippen LogP contribution in [0.1, 0.15) is 141 Å². The van der Waals surface area contributed by atoms with Gasteiger partial charge >= 0.3 is 54.5 Å². The minimum absolute atomic E-state index is 0.590. The van der Waals surface area contributed by atoms with Gasteiger partial charge in [0, 0.05) is 7.11 Å². The molecule has 510 valence electrons. The Morgan fingerprint density at radius 3 is 0.913 bits per heavy atom. The van der Waals surface area contributed by atoms with Gasteiger partial charge in [-0.3, -0.25) is 0 Å². The van der Waals surface area contributed by atoms with Crippen molar-refractivity contribution in [2.75, 3.05) is 33.4 Å². The summed E-state index contributed by atoms with van der Waals surface area (Å²) in [6.07, 6.45) is -16.6. The highest BCUT2D eigenvalue weighted by atomic mass is 16.7. The SMILES string of the molecule is CO[C@H]1O[C@H](COC(c2ccccc2)(c2ccccc2)c2ccccc2)[C@H](OC(=O)[C@H](CNC(=O)OC(C)(C)C)NC(=O)OC(C)(C)C)[C@H](OC(=O)[C@H](CNC(=O)OC(C)(C)C)NC(=O)OC(C)(C)C)[C@H]1OC(=O)[C@H](CNC(=O)OC(C)(C)C)NC(=O)OC(C)(C)C. The largest absolute Gasteiger partial charge is 0.454 e.